The first-order chi connectivity index (χ1) is 36.0. The molecule has 0 amide bonds. The molecule has 26 heteroatoms. The number of ether oxygens (including phenoxy) is 3. The zero-order valence-electron chi connectivity index (χ0n) is 43.4. The standard InChI is InChI=1S/C26H34N6O5.C21H28N6O6S.C2H6.BHN/c1-2-36-22(33)16-31(15-18-7-5-6-17(10-18)14-30-8-3-4-9-30)25-23(32(34)35)24(27)28-26(29-25)37-21-12-19-11-20(19)13-21;1-3-33-17(28)14-26(13-16-8-6-7-15(11-16)12-25-9-4-5-10-25)20-18(27(29)30)19(22)23-21(24-20)34(2,31)32;2*1-2/h5-7,10,19-21H,2-4,8-9,11-16H2,1H3,(H2,27,28,29);6-8,11H,3-5,9-10,12-14H2,1-2H3,(H2,22,23,24);1-2H3;2H/t19-,20+,21?;;;. The van der Waals surface area contributed by atoms with Crippen molar-refractivity contribution >= 4 is 64.1 Å². The Bertz CT molecular complexity index is 2700. The number of rotatable bonds is 21. The van der Waals surface area contributed by atoms with E-state index in [1.807, 2.05) is 50.2 Å². The van der Waals surface area contributed by atoms with Crippen LogP contribution < -0.4 is 26.0 Å². The Kier molecular flexibility index (Phi) is 22.1. The van der Waals surface area contributed by atoms with E-state index in [1.54, 1.807) is 13.8 Å². The fourth-order valence-electron chi connectivity index (χ4n) is 9.42. The number of fused-ring (bicyclic) bond motifs is 1. The molecule has 2 aliphatic heterocycles. The number of hydrogen-bond acceptors (Lipinski definition) is 22. The molecule has 8 rings (SSSR count). The maximum absolute atomic E-state index is 12.5. The second kappa shape index (κ2) is 28.1. The number of hydrogen-bond donors (Lipinski definition) is 3. The first kappa shape index (κ1) is 59.0. The topological polar surface area (TPSA) is 323 Å². The van der Waals surface area contributed by atoms with E-state index in [-0.39, 0.29) is 62.4 Å². The van der Waals surface area contributed by atoms with E-state index in [2.05, 4.69) is 49.5 Å². The molecule has 75 heavy (non-hydrogen) atoms. The quantitative estimate of drug-likeness (QED) is 0.0292. The number of benzene rings is 2. The van der Waals surface area contributed by atoms with E-state index in [9.17, 15) is 38.2 Å². The Morgan fingerprint density at radius 1 is 0.707 bits per heavy atom. The van der Waals surface area contributed by atoms with Crippen LogP contribution in [0.3, 0.4) is 0 Å². The number of anilines is 4. The van der Waals surface area contributed by atoms with Crippen LogP contribution in [0.1, 0.15) is 94.9 Å². The Morgan fingerprint density at radius 3 is 1.53 bits per heavy atom. The van der Waals surface area contributed by atoms with Crippen LogP contribution in [0.25, 0.3) is 0 Å². The third-order valence-electron chi connectivity index (χ3n) is 12.7. The number of carbonyl (C=O) groups is 2. The molecular weight excluding hydrogens is 989 g/mol. The molecule has 405 valence electrons. The first-order valence-electron chi connectivity index (χ1n) is 25.2. The minimum atomic E-state index is -3.93. The molecule has 1 radical (unpaired) electrons. The summed E-state index contributed by atoms with van der Waals surface area (Å²) in [5, 5.41) is 28.4. The van der Waals surface area contributed by atoms with Gasteiger partial charge in [-0.15, -0.1) is 0 Å². The van der Waals surface area contributed by atoms with Gasteiger partial charge in [0.15, 0.2) is 0 Å². The molecule has 4 fully saturated rings. The molecule has 24 nitrogen and oxygen atoms in total. The van der Waals surface area contributed by atoms with Gasteiger partial charge in [-0.3, -0.25) is 39.6 Å². The van der Waals surface area contributed by atoms with Crippen molar-refractivity contribution in [1.29, 1.82) is 5.31 Å². The van der Waals surface area contributed by atoms with Crippen molar-refractivity contribution in [1.82, 2.24) is 29.7 Å². The number of likely N-dealkylation sites (tertiary alicyclic amines) is 2. The molecule has 2 saturated heterocycles. The van der Waals surface area contributed by atoms with Gasteiger partial charge in [-0.2, -0.15) is 19.9 Å². The molecule has 4 aromatic rings. The average Bonchev–Trinajstić information content (AvgIpc) is 3.77. The third-order valence-corrected chi connectivity index (χ3v) is 13.5. The number of aromatic nitrogens is 4. The van der Waals surface area contributed by atoms with Gasteiger partial charge in [-0.25, -0.2) is 8.42 Å². The predicted molar refractivity (Wildman–Crippen MR) is 282 cm³/mol. The molecule has 1 unspecified atom stereocenters. The van der Waals surface area contributed by atoms with Gasteiger partial charge in [-0.1, -0.05) is 62.4 Å². The van der Waals surface area contributed by atoms with Crippen molar-refractivity contribution in [2.24, 2.45) is 11.8 Å². The molecule has 2 aromatic heterocycles. The molecule has 4 heterocycles. The summed E-state index contributed by atoms with van der Waals surface area (Å²) in [4.78, 5) is 70.9. The molecular formula is C49H69BN13O11S. The maximum atomic E-state index is 12.5. The fraction of sp³-hybridized carbons (Fsp3) is 0.551. The van der Waals surface area contributed by atoms with Crippen molar-refractivity contribution in [2.45, 2.75) is 110 Å². The van der Waals surface area contributed by atoms with E-state index >= 15 is 0 Å². The van der Waals surface area contributed by atoms with Gasteiger partial charge in [0.1, 0.15) is 19.2 Å². The van der Waals surface area contributed by atoms with E-state index in [1.165, 1.54) is 29.1 Å². The van der Waals surface area contributed by atoms with E-state index in [0.717, 1.165) is 93.5 Å². The Hall–Kier alpha value is -6.93. The van der Waals surface area contributed by atoms with Crippen LogP contribution in [-0.4, -0.2) is 132 Å². The molecule has 0 spiro atoms. The molecule has 4 aliphatic rings. The summed E-state index contributed by atoms with van der Waals surface area (Å²) >= 11 is 0. The summed E-state index contributed by atoms with van der Waals surface area (Å²) < 4.78 is 40.3. The minimum absolute atomic E-state index is 0.000966. The normalized spacial score (nSPS) is 17.6. The van der Waals surface area contributed by atoms with Crippen LogP contribution in [0, 0.1) is 37.4 Å². The number of nitrogens with one attached hydrogen (secondary N) is 1. The SMILES string of the molecule is CC.CCOC(=O)CN(Cc1cccc(CN2CCCC2)c1)c1nc(OC2C[C@@H]3C[C@@H]3C2)nc(N)c1[N+](=O)[O-].CCOC(=O)CN(Cc1cccc(CN2CCCC2)c1)c1nc(S(C)(=O)=O)nc(N)c1[N+](=O)[O-].[B]=N. The van der Waals surface area contributed by atoms with Crippen molar-refractivity contribution in [2.75, 3.05) is 80.0 Å². The van der Waals surface area contributed by atoms with E-state index in [4.69, 9.17) is 31.0 Å². The van der Waals surface area contributed by atoms with E-state index < -0.39 is 60.5 Å². The van der Waals surface area contributed by atoms with Crippen molar-refractivity contribution in [3.05, 3.63) is 91.0 Å². The van der Waals surface area contributed by atoms with Gasteiger partial charge < -0.3 is 35.5 Å². The van der Waals surface area contributed by atoms with Crippen molar-refractivity contribution < 1.29 is 42.1 Å². The summed E-state index contributed by atoms with van der Waals surface area (Å²) in [7, 11) is -0.179. The summed E-state index contributed by atoms with van der Waals surface area (Å²) in [5.74, 6) is -1.09. The second-order valence-corrected chi connectivity index (χ2v) is 20.2. The van der Waals surface area contributed by atoms with Crippen LogP contribution in [-0.2, 0) is 55.1 Å². The number of sulfone groups is 1. The van der Waals surface area contributed by atoms with Crippen LogP contribution in [0.4, 0.5) is 34.6 Å². The Balaban J connectivity index is 0.000000261. The monoisotopic (exact) mass is 1060 g/mol. The summed E-state index contributed by atoms with van der Waals surface area (Å²) in [6.45, 7) is 13.1. The van der Waals surface area contributed by atoms with Gasteiger partial charge in [0.2, 0.25) is 33.1 Å². The number of carbonyl (C=O) groups excluding carboxylic acids is 2. The van der Waals surface area contributed by atoms with Crippen LogP contribution in [0.5, 0.6) is 6.01 Å². The average molecular weight is 1060 g/mol. The second-order valence-electron chi connectivity index (χ2n) is 18.3. The number of esters is 2. The van der Waals surface area contributed by atoms with Crippen LogP contribution >= 0.6 is 0 Å². The van der Waals surface area contributed by atoms with E-state index in [0.29, 0.717) is 11.8 Å². The summed E-state index contributed by atoms with van der Waals surface area (Å²) in [6.07, 6.45) is 8.67. The van der Waals surface area contributed by atoms with Crippen LogP contribution in [0.15, 0.2) is 53.7 Å². The Morgan fingerprint density at radius 2 is 1.12 bits per heavy atom. The number of nitrogens with zero attached hydrogens (tertiary/aromatic N) is 10. The number of nitrogen functional groups attached to an aromatic ring is 2. The van der Waals surface area contributed by atoms with Gasteiger partial charge in [0.25, 0.3) is 5.16 Å². The Labute approximate surface area is 438 Å². The molecule has 2 saturated carbocycles. The van der Waals surface area contributed by atoms with Crippen molar-refractivity contribution in [3.63, 3.8) is 0 Å². The van der Waals surface area contributed by atoms with Crippen LogP contribution in [0.2, 0.25) is 0 Å². The number of nitrogens with two attached hydrogens (primary N) is 2. The zero-order chi connectivity index (χ0) is 54.8. The number of nitro groups is 2. The van der Waals surface area contributed by atoms with Gasteiger partial charge in [-0.05, 0) is 119 Å². The van der Waals surface area contributed by atoms with Crippen molar-refractivity contribution in [3.8, 4) is 6.01 Å². The summed E-state index contributed by atoms with van der Waals surface area (Å²) in [5.41, 5.74) is 14.5. The van der Waals surface area contributed by atoms with Gasteiger partial charge >= 0.3 is 42.3 Å². The fourth-order valence-corrected chi connectivity index (χ4v) is 9.94. The molecule has 3 atom stereocenters. The predicted octanol–water partition coefficient (Wildman–Crippen LogP) is 5.79. The molecule has 0 bridgehead atoms. The third kappa shape index (κ3) is 17.0. The molecule has 2 aromatic carbocycles. The zero-order valence-corrected chi connectivity index (χ0v) is 44.2. The van der Waals surface area contributed by atoms with Gasteiger partial charge in [0, 0.05) is 32.4 Å². The van der Waals surface area contributed by atoms with Gasteiger partial charge in [0.05, 0.1) is 23.1 Å². The first-order valence-corrected chi connectivity index (χ1v) is 27.1. The molecule has 2 aliphatic carbocycles. The molecule has 5 N–H and O–H groups in total. The summed E-state index contributed by atoms with van der Waals surface area (Å²) in [6, 6.07) is 15.7.